The van der Waals surface area contributed by atoms with Gasteiger partial charge >= 0.3 is 0 Å². The number of benzene rings is 2. The van der Waals surface area contributed by atoms with Crippen LogP contribution in [0.4, 0.5) is 5.69 Å². The van der Waals surface area contributed by atoms with E-state index in [2.05, 4.69) is 5.32 Å². The largest absolute Gasteiger partial charge is 0.492 e. The van der Waals surface area contributed by atoms with Gasteiger partial charge in [0.1, 0.15) is 11.5 Å². The topological polar surface area (TPSA) is 94.2 Å². The Morgan fingerprint density at radius 3 is 2.57 bits per heavy atom. The number of carbonyl (C=O) groups excluding carboxylic acids is 1. The van der Waals surface area contributed by atoms with Crippen LogP contribution in [0.5, 0.6) is 11.5 Å². The molecule has 0 spiro atoms. The number of hydrogen-bond donors (Lipinski definition) is 1. The maximum atomic E-state index is 12.7. The van der Waals surface area contributed by atoms with Gasteiger partial charge in [-0.3, -0.25) is 4.79 Å². The first-order valence-electron chi connectivity index (χ1n) is 9.43. The molecule has 1 saturated heterocycles. The van der Waals surface area contributed by atoms with Gasteiger partial charge in [-0.15, -0.1) is 0 Å². The summed E-state index contributed by atoms with van der Waals surface area (Å²) in [4.78, 5) is 12.3. The van der Waals surface area contributed by atoms with Crippen molar-refractivity contribution in [1.82, 2.24) is 4.31 Å². The third-order valence-corrected chi connectivity index (χ3v) is 6.52. The Hall–Kier alpha value is -2.33. The van der Waals surface area contributed by atoms with Gasteiger partial charge in [0.2, 0.25) is 10.0 Å². The summed E-state index contributed by atoms with van der Waals surface area (Å²) in [5.41, 5.74) is 0.533. The van der Waals surface area contributed by atoms with Gasteiger partial charge in [0.15, 0.2) is 6.61 Å². The van der Waals surface area contributed by atoms with E-state index in [0.717, 1.165) is 0 Å². The van der Waals surface area contributed by atoms with Crippen molar-refractivity contribution in [1.29, 1.82) is 0 Å². The molecule has 0 saturated carbocycles. The van der Waals surface area contributed by atoms with Gasteiger partial charge < -0.3 is 19.5 Å². The number of para-hydroxylation sites is 2. The molecule has 0 bridgehead atoms. The van der Waals surface area contributed by atoms with Crippen LogP contribution in [0.3, 0.4) is 0 Å². The molecule has 2 aromatic carbocycles. The van der Waals surface area contributed by atoms with E-state index >= 15 is 0 Å². The van der Waals surface area contributed by atoms with Gasteiger partial charge in [0.25, 0.3) is 5.91 Å². The Labute approximate surface area is 180 Å². The number of morpholine rings is 1. The van der Waals surface area contributed by atoms with Gasteiger partial charge in [0.05, 0.1) is 35.4 Å². The van der Waals surface area contributed by atoms with Gasteiger partial charge in [0, 0.05) is 13.1 Å². The highest BCUT2D eigenvalue weighted by atomic mass is 35.5. The van der Waals surface area contributed by atoms with E-state index in [1.165, 1.54) is 22.5 Å². The summed E-state index contributed by atoms with van der Waals surface area (Å²) in [5, 5.41) is 2.82. The van der Waals surface area contributed by atoms with Gasteiger partial charge in [-0.2, -0.15) is 4.31 Å². The number of nitrogens with zero attached hydrogens (tertiary/aromatic N) is 1. The number of anilines is 1. The van der Waals surface area contributed by atoms with E-state index in [1.54, 1.807) is 18.2 Å². The minimum atomic E-state index is -3.66. The average Bonchev–Trinajstić information content (AvgIpc) is 2.75. The van der Waals surface area contributed by atoms with E-state index in [-0.39, 0.29) is 22.3 Å². The molecule has 1 heterocycles. The Kier molecular flexibility index (Phi) is 7.54. The maximum absolute atomic E-state index is 12.7. The number of hydrogen-bond acceptors (Lipinski definition) is 6. The minimum absolute atomic E-state index is 0.0665. The van der Waals surface area contributed by atoms with Crippen LogP contribution in [0, 0.1) is 0 Å². The molecular formula is C20H23ClN2O6S. The smallest absolute Gasteiger partial charge is 0.262 e. The number of rotatable bonds is 8. The Bertz CT molecular complexity index is 993. The molecule has 0 aliphatic carbocycles. The van der Waals surface area contributed by atoms with E-state index in [9.17, 15) is 13.2 Å². The molecule has 3 rings (SSSR count). The van der Waals surface area contributed by atoms with E-state index in [0.29, 0.717) is 44.3 Å². The van der Waals surface area contributed by atoms with Crippen molar-refractivity contribution in [2.24, 2.45) is 0 Å². The molecule has 1 fully saturated rings. The Balaban J connectivity index is 1.63. The van der Waals surface area contributed by atoms with Crippen LogP contribution < -0.4 is 14.8 Å². The molecule has 1 amide bonds. The molecule has 162 valence electrons. The average molecular weight is 455 g/mol. The standard InChI is InChI=1S/C20H23ClN2O6S/c1-2-28-19-6-4-3-5-17(19)22-20(24)14-29-18-8-7-15(13-16(18)21)30(25,26)23-9-11-27-12-10-23/h3-8,13H,2,9-12,14H2,1H3,(H,22,24). The lowest BCUT2D eigenvalue weighted by molar-refractivity contribution is -0.118. The second-order valence-electron chi connectivity index (χ2n) is 6.37. The zero-order valence-corrected chi connectivity index (χ0v) is 18.0. The lowest BCUT2D eigenvalue weighted by atomic mass is 10.3. The third-order valence-electron chi connectivity index (χ3n) is 4.33. The van der Waals surface area contributed by atoms with Crippen LogP contribution in [-0.4, -0.2) is 58.1 Å². The minimum Gasteiger partial charge on any atom is -0.492 e. The van der Waals surface area contributed by atoms with Crippen molar-refractivity contribution < 1.29 is 27.4 Å². The normalized spacial score (nSPS) is 14.9. The van der Waals surface area contributed by atoms with Gasteiger partial charge in [-0.25, -0.2) is 8.42 Å². The molecule has 8 nitrogen and oxygen atoms in total. The summed E-state index contributed by atoms with van der Waals surface area (Å²) >= 11 is 6.20. The second kappa shape index (κ2) is 10.1. The third kappa shape index (κ3) is 5.42. The highest BCUT2D eigenvalue weighted by Gasteiger charge is 2.27. The first-order chi connectivity index (χ1) is 14.4. The molecule has 0 aromatic heterocycles. The fourth-order valence-electron chi connectivity index (χ4n) is 2.88. The van der Waals surface area contributed by atoms with Crippen LogP contribution >= 0.6 is 11.6 Å². The van der Waals surface area contributed by atoms with Gasteiger partial charge in [-0.05, 0) is 37.3 Å². The van der Waals surface area contributed by atoms with Crippen LogP contribution in [0.2, 0.25) is 5.02 Å². The predicted molar refractivity (Wildman–Crippen MR) is 113 cm³/mol. The molecule has 1 N–H and O–H groups in total. The molecule has 2 aromatic rings. The van der Waals surface area contributed by atoms with E-state index < -0.39 is 15.9 Å². The lowest BCUT2D eigenvalue weighted by Crippen LogP contribution is -2.40. The Morgan fingerprint density at radius 2 is 1.87 bits per heavy atom. The van der Waals surface area contributed by atoms with Crippen molar-refractivity contribution in [3.63, 3.8) is 0 Å². The summed E-state index contributed by atoms with van der Waals surface area (Å²) < 4.78 is 42.9. The Morgan fingerprint density at radius 1 is 1.13 bits per heavy atom. The second-order valence-corrected chi connectivity index (χ2v) is 8.72. The zero-order chi connectivity index (χ0) is 21.6. The quantitative estimate of drug-likeness (QED) is 0.659. The summed E-state index contributed by atoms with van der Waals surface area (Å²) in [5.74, 6) is 0.373. The first-order valence-corrected chi connectivity index (χ1v) is 11.3. The molecule has 0 unspecified atom stereocenters. The van der Waals surface area contributed by atoms with Gasteiger partial charge in [-0.1, -0.05) is 23.7 Å². The highest BCUT2D eigenvalue weighted by molar-refractivity contribution is 7.89. The molecule has 1 aliphatic rings. The SMILES string of the molecule is CCOc1ccccc1NC(=O)COc1ccc(S(=O)(=O)N2CCOCC2)cc1Cl. The summed E-state index contributed by atoms with van der Waals surface area (Å²) in [6.07, 6.45) is 0. The fourth-order valence-corrected chi connectivity index (χ4v) is 4.61. The van der Waals surface area contributed by atoms with Crippen molar-refractivity contribution in [3.8, 4) is 11.5 Å². The first kappa shape index (κ1) is 22.4. The molecule has 1 aliphatic heterocycles. The van der Waals surface area contributed by atoms with Crippen LogP contribution in [0.15, 0.2) is 47.4 Å². The van der Waals surface area contributed by atoms with Crippen LogP contribution in [0.25, 0.3) is 0 Å². The molecule has 10 heteroatoms. The van der Waals surface area contributed by atoms with E-state index in [4.69, 9.17) is 25.8 Å². The number of ether oxygens (including phenoxy) is 3. The molecule has 0 radical (unpaired) electrons. The fraction of sp³-hybridized carbons (Fsp3) is 0.350. The van der Waals surface area contributed by atoms with Crippen LogP contribution in [0.1, 0.15) is 6.92 Å². The van der Waals surface area contributed by atoms with Crippen molar-refractivity contribution in [2.45, 2.75) is 11.8 Å². The lowest BCUT2D eigenvalue weighted by Gasteiger charge is -2.26. The highest BCUT2D eigenvalue weighted by Crippen LogP contribution is 2.29. The predicted octanol–water partition coefficient (Wildman–Crippen LogP) is 2.78. The zero-order valence-electron chi connectivity index (χ0n) is 16.5. The monoisotopic (exact) mass is 454 g/mol. The number of nitrogens with one attached hydrogen (secondary N) is 1. The number of sulfonamides is 1. The molecule has 30 heavy (non-hydrogen) atoms. The van der Waals surface area contributed by atoms with Crippen molar-refractivity contribution >= 4 is 33.2 Å². The number of amides is 1. The number of halogens is 1. The van der Waals surface area contributed by atoms with Crippen molar-refractivity contribution in [3.05, 3.63) is 47.5 Å². The number of carbonyl (C=O) groups is 1. The summed E-state index contributed by atoms with van der Waals surface area (Å²) in [6.45, 7) is 3.33. The van der Waals surface area contributed by atoms with Crippen LogP contribution in [-0.2, 0) is 19.6 Å². The maximum Gasteiger partial charge on any atom is 0.262 e. The molecule has 0 atom stereocenters. The van der Waals surface area contributed by atoms with E-state index in [1.807, 2.05) is 13.0 Å². The van der Waals surface area contributed by atoms with Crippen molar-refractivity contribution in [2.75, 3.05) is 44.8 Å². The summed E-state index contributed by atoms with van der Waals surface area (Å²) in [6, 6.07) is 11.2. The molecular weight excluding hydrogens is 432 g/mol. The summed E-state index contributed by atoms with van der Waals surface area (Å²) in [7, 11) is -3.66.